The van der Waals surface area contributed by atoms with E-state index in [1.165, 1.54) is 5.56 Å². The van der Waals surface area contributed by atoms with Gasteiger partial charge in [0.1, 0.15) is 0 Å². The number of fused-ring (bicyclic) bond motifs is 1. The number of nitrogens with zero attached hydrogens (tertiary/aromatic N) is 1. The molecule has 4 heteroatoms. The number of benzene rings is 2. The molecule has 0 aromatic heterocycles. The van der Waals surface area contributed by atoms with Gasteiger partial charge in [-0.25, -0.2) is 0 Å². The van der Waals surface area contributed by atoms with Gasteiger partial charge in [-0.1, -0.05) is 38.1 Å². The fraction of sp³-hybridized carbons (Fsp3) is 0.300. The van der Waals surface area contributed by atoms with Crippen molar-refractivity contribution in [1.82, 2.24) is 0 Å². The number of anilines is 2. The van der Waals surface area contributed by atoms with Gasteiger partial charge in [-0.15, -0.1) is 0 Å². The van der Waals surface area contributed by atoms with Gasteiger partial charge in [0.15, 0.2) is 0 Å². The Kier molecular flexibility index (Phi) is 4.38. The molecule has 1 atom stereocenters. The summed E-state index contributed by atoms with van der Waals surface area (Å²) in [4.78, 5) is 26.7. The summed E-state index contributed by atoms with van der Waals surface area (Å²) in [6.07, 6.45) is 0.867. The molecule has 0 unspecified atom stereocenters. The summed E-state index contributed by atoms with van der Waals surface area (Å²) in [5.41, 5.74) is 3.41. The fourth-order valence-electron chi connectivity index (χ4n) is 3.03. The highest BCUT2D eigenvalue weighted by Gasteiger charge is 2.31. The molecule has 1 aliphatic heterocycles. The van der Waals surface area contributed by atoms with E-state index in [2.05, 4.69) is 18.3 Å². The van der Waals surface area contributed by atoms with Crippen LogP contribution in [-0.2, 0) is 11.2 Å². The first-order valence-electron chi connectivity index (χ1n) is 8.29. The SMILES string of the molecule is CC(C)C(=O)Nc1cccc(C(=O)N2c3ccccc3C[C@@H]2C)c1. The largest absolute Gasteiger partial charge is 0.326 e. The number of carbonyl (C=O) groups is 2. The highest BCUT2D eigenvalue weighted by atomic mass is 16.2. The first-order chi connectivity index (χ1) is 11.5. The first-order valence-corrected chi connectivity index (χ1v) is 8.29. The Morgan fingerprint density at radius 1 is 1.12 bits per heavy atom. The summed E-state index contributed by atoms with van der Waals surface area (Å²) in [6, 6.07) is 15.3. The second-order valence-electron chi connectivity index (χ2n) is 6.58. The van der Waals surface area contributed by atoms with Crippen molar-refractivity contribution in [3.05, 3.63) is 59.7 Å². The zero-order valence-corrected chi connectivity index (χ0v) is 14.2. The lowest BCUT2D eigenvalue weighted by molar-refractivity contribution is -0.118. The number of nitrogens with one attached hydrogen (secondary N) is 1. The van der Waals surface area contributed by atoms with Gasteiger partial charge in [0.25, 0.3) is 5.91 Å². The van der Waals surface area contributed by atoms with Crippen molar-refractivity contribution in [2.24, 2.45) is 5.92 Å². The van der Waals surface area contributed by atoms with Crippen LogP contribution in [0.1, 0.15) is 36.7 Å². The van der Waals surface area contributed by atoms with Gasteiger partial charge in [-0.05, 0) is 43.2 Å². The minimum absolute atomic E-state index is 0.0342. The summed E-state index contributed by atoms with van der Waals surface area (Å²) in [7, 11) is 0. The molecular formula is C20H22N2O2. The van der Waals surface area contributed by atoms with Crippen LogP contribution in [0.25, 0.3) is 0 Å². The Labute approximate surface area is 142 Å². The molecular weight excluding hydrogens is 300 g/mol. The summed E-state index contributed by atoms with van der Waals surface area (Å²) in [5.74, 6) is -0.192. The van der Waals surface area contributed by atoms with Crippen LogP contribution >= 0.6 is 0 Å². The van der Waals surface area contributed by atoms with E-state index in [4.69, 9.17) is 0 Å². The molecule has 0 bridgehead atoms. The van der Waals surface area contributed by atoms with Crippen LogP contribution in [0.5, 0.6) is 0 Å². The fourth-order valence-corrected chi connectivity index (χ4v) is 3.03. The van der Waals surface area contributed by atoms with Gasteiger partial charge in [-0.3, -0.25) is 9.59 Å². The molecule has 2 aromatic rings. The average molecular weight is 322 g/mol. The van der Waals surface area contributed by atoms with E-state index < -0.39 is 0 Å². The molecule has 0 saturated carbocycles. The number of para-hydroxylation sites is 1. The lowest BCUT2D eigenvalue weighted by atomic mass is 10.1. The zero-order valence-electron chi connectivity index (χ0n) is 14.2. The number of amides is 2. The molecule has 0 saturated heterocycles. The van der Waals surface area contributed by atoms with Crippen molar-refractivity contribution in [1.29, 1.82) is 0 Å². The van der Waals surface area contributed by atoms with Crippen LogP contribution in [0.3, 0.4) is 0 Å². The predicted octanol–water partition coefficient (Wildman–Crippen LogP) is 3.87. The Bertz CT molecular complexity index is 783. The summed E-state index contributed by atoms with van der Waals surface area (Å²) >= 11 is 0. The Morgan fingerprint density at radius 3 is 2.62 bits per heavy atom. The minimum Gasteiger partial charge on any atom is -0.326 e. The molecule has 2 amide bonds. The molecule has 1 N–H and O–H groups in total. The van der Waals surface area contributed by atoms with Crippen LogP contribution < -0.4 is 10.2 Å². The van der Waals surface area contributed by atoms with Crippen molar-refractivity contribution >= 4 is 23.2 Å². The molecule has 1 heterocycles. The van der Waals surface area contributed by atoms with Gasteiger partial charge in [0, 0.05) is 28.9 Å². The topological polar surface area (TPSA) is 49.4 Å². The quantitative estimate of drug-likeness (QED) is 0.932. The Balaban J connectivity index is 1.87. The lowest BCUT2D eigenvalue weighted by Crippen LogP contribution is -2.35. The van der Waals surface area contributed by atoms with E-state index in [9.17, 15) is 9.59 Å². The average Bonchev–Trinajstić information content (AvgIpc) is 2.90. The molecule has 0 fully saturated rings. The predicted molar refractivity (Wildman–Crippen MR) is 96.3 cm³/mol. The molecule has 0 spiro atoms. The van der Waals surface area contributed by atoms with Gasteiger partial charge in [-0.2, -0.15) is 0 Å². The van der Waals surface area contributed by atoms with E-state index in [-0.39, 0.29) is 23.8 Å². The van der Waals surface area contributed by atoms with Gasteiger partial charge in [0.05, 0.1) is 0 Å². The first kappa shape index (κ1) is 16.2. The van der Waals surface area contributed by atoms with E-state index in [1.54, 1.807) is 24.3 Å². The van der Waals surface area contributed by atoms with Crippen LogP contribution in [0.15, 0.2) is 48.5 Å². The highest BCUT2D eigenvalue weighted by Crippen LogP contribution is 2.33. The van der Waals surface area contributed by atoms with Crippen LogP contribution in [-0.4, -0.2) is 17.9 Å². The molecule has 0 aliphatic carbocycles. The lowest BCUT2D eigenvalue weighted by Gasteiger charge is -2.23. The van der Waals surface area contributed by atoms with Crippen molar-refractivity contribution in [2.75, 3.05) is 10.2 Å². The van der Waals surface area contributed by atoms with E-state index in [1.807, 2.05) is 36.9 Å². The third kappa shape index (κ3) is 3.04. The maximum absolute atomic E-state index is 13.0. The van der Waals surface area contributed by atoms with Crippen molar-refractivity contribution < 1.29 is 9.59 Å². The minimum atomic E-state index is -0.102. The molecule has 2 aromatic carbocycles. The number of hydrogen-bond acceptors (Lipinski definition) is 2. The Morgan fingerprint density at radius 2 is 1.88 bits per heavy atom. The Hall–Kier alpha value is -2.62. The molecule has 1 aliphatic rings. The standard InChI is InChI=1S/C20H22N2O2/c1-13(2)19(23)21-17-9-6-8-16(12-17)20(24)22-14(3)11-15-7-4-5-10-18(15)22/h4-10,12-14H,11H2,1-3H3,(H,21,23)/t14-/m0/s1. The highest BCUT2D eigenvalue weighted by molar-refractivity contribution is 6.08. The molecule has 0 radical (unpaired) electrons. The molecule has 124 valence electrons. The van der Waals surface area contributed by atoms with Crippen molar-refractivity contribution in [3.63, 3.8) is 0 Å². The number of carbonyl (C=O) groups excluding carboxylic acids is 2. The van der Waals surface area contributed by atoms with E-state index in [0.717, 1.165) is 12.1 Å². The monoisotopic (exact) mass is 322 g/mol. The maximum Gasteiger partial charge on any atom is 0.258 e. The summed E-state index contributed by atoms with van der Waals surface area (Å²) in [5, 5.41) is 2.85. The van der Waals surface area contributed by atoms with Gasteiger partial charge in [0.2, 0.25) is 5.91 Å². The van der Waals surface area contributed by atoms with E-state index in [0.29, 0.717) is 11.3 Å². The smallest absolute Gasteiger partial charge is 0.258 e. The van der Waals surface area contributed by atoms with Crippen molar-refractivity contribution in [3.8, 4) is 0 Å². The normalized spacial score (nSPS) is 16.2. The van der Waals surface area contributed by atoms with Gasteiger partial charge >= 0.3 is 0 Å². The van der Waals surface area contributed by atoms with Gasteiger partial charge < -0.3 is 10.2 Å². The summed E-state index contributed by atoms with van der Waals surface area (Å²) in [6.45, 7) is 5.74. The van der Waals surface area contributed by atoms with Crippen molar-refractivity contribution in [2.45, 2.75) is 33.2 Å². The summed E-state index contributed by atoms with van der Waals surface area (Å²) < 4.78 is 0. The number of hydrogen-bond donors (Lipinski definition) is 1. The third-order valence-electron chi connectivity index (χ3n) is 4.33. The molecule has 3 rings (SSSR count). The van der Waals surface area contributed by atoms with Crippen LogP contribution in [0, 0.1) is 5.92 Å². The van der Waals surface area contributed by atoms with E-state index >= 15 is 0 Å². The zero-order chi connectivity index (χ0) is 17.3. The number of rotatable bonds is 3. The second kappa shape index (κ2) is 6.48. The maximum atomic E-state index is 13.0. The third-order valence-corrected chi connectivity index (χ3v) is 4.33. The van der Waals surface area contributed by atoms with Crippen LogP contribution in [0.4, 0.5) is 11.4 Å². The van der Waals surface area contributed by atoms with Crippen LogP contribution in [0.2, 0.25) is 0 Å². The molecule has 4 nitrogen and oxygen atoms in total. The molecule has 24 heavy (non-hydrogen) atoms. The second-order valence-corrected chi connectivity index (χ2v) is 6.58.